The fourth-order valence-electron chi connectivity index (χ4n) is 3.24. The third kappa shape index (κ3) is 4.29. The van der Waals surface area contributed by atoms with Crippen LogP contribution in [-0.4, -0.2) is 36.0 Å². The van der Waals surface area contributed by atoms with Crippen molar-refractivity contribution in [2.45, 2.75) is 26.3 Å². The van der Waals surface area contributed by atoms with Crippen molar-refractivity contribution in [2.75, 3.05) is 25.5 Å². The van der Waals surface area contributed by atoms with E-state index in [1.165, 1.54) is 6.42 Å². The van der Waals surface area contributed by atoms with E-state index in [2.05, 4.69) is 17.2 Å². The van der Waals surface area contributed by atoms with Crippen molar-refractivity contribution in [3.05, 3.63) is 53.9 Å². The molecule has 1 aromatic carbocycles. The Hall–Kier alpha value is -2.56. The number of hydrogen-bond donors (Lipinski definition) is 1. The van der Waals surface area contributed by atoms with Gasteiger partial charge in [-0.2, -0.15) is 0 Å². The predicted octanol–water partition coefficient (Wildman–Crippen LogP) is 3.57. The summed E-state index contributed by atoms with van der Waals surface area (Å²) >= 11 is 0. The van der Waals surface area contributed by atoms with Gasteiger partial charge >= 0.3 is 0 Å². The van der Waals surface area contributed by atoms with Gasteiger partial charge in [0.15, 0.2) is 0 Å². The first kappa shape index (κ1) is 17.3. The number of anilines is 1. The molecule has 1 aromatic heterocycles. The number of hydrogen-bond acceptors (Lipinski definition) is 4. The van der Waals surface area contributed by atoms with Crippen LogP contribution in [0.5, 0.6) is 5.75 Å². The van der Waals surface area contributed by atoms with Crippen LogP contribution in [0.15, 0.2) is 42.6 Å². The number of para-hydroxylation sites is 1. The number of piperidine rings is 1. The first-order chi connectivity index (χ1) is 12.2. The van der Waals surface area contributed by atoms with E-state index in [4.69, 9.17) is 4.74 Å². The van der Waals surface area contributed by atoms with E-state index in [0.717, 1.165) is 36.5 Å². The number of amides is 1. The lowest BCUT2D eigenvalue weighted by molar-refractivity contribution is 0.0677. The van der Waals surface area contributed by atoms with Crippen LogP contribution in [0, 0.1) is 5.92 Å². The summed E-state index contributed by atoms with van der Waals surface area (Å²) in [5.41, 5.74) is 2.45. The summed E-state index contributed by atoms with van der Waals surface area (Å²) in [6, 6.07) is 11.6. The lowest BCUT2D eigenvalue weighted by Crippen LogP contribution is -2.39. The van der Waals surface area contributed by atoms with Gasteiger partial charge in [-0.25, -0.2) is 0 Å². The Labute approximate surface area is 149 Å². The number of nitrogens with zero attached hydrogens (tertiary/aromatic N) is 2. The molecule has 1 N–H and O–H groups in total. The average molecular weight is 339 g/mol. The maximum Gasteiger partial charge on any atom is 0.272 e. The second kappa shape index (κ2) is 8.01. The van der Waals surface area contributed by atoms with Crippen LogP contribution in [0.4, 0.5) is 5.69 Å². The standard InChI is InChI=1S/C20H25N3O2/c1-15-6-5-11-23(14-15)20(24)18-12-17(9-10-21-18)22-13-16-7-3-4-8-19(16)25-2/h3-4,7-10,12,15H,5-6,11,13-14H2,1-2H3,(H,21,22). The molecular formula is C20H25N3O2. The summed E-state index contributed by atoms with van der Waals surface area (Å²) in [4.78, 5) is 18.9. The largest absolute Gasteiger partial charge is 0.496 e. The van der Waals surface area contributed by atoms with Gasteiger partial charge in [0, 0.05) is 37.1 Å². The Morgan fingerprint density at radius 3 is 3.00 bits per heavy atom. The van der Waals surface area contributed by atoms with Crippen molar-refractivity contribution in [3.8, 4) is 5.75 Å². The molecule has 0 radical (unpaired) electrons. The zero-order chi connectivity index (χ0) is 17.6. The summed E-state index contributed by atoms with van der Waals surface area (Å²) in [7, 11) is 1.67. The third-order valence-electron chi connectivity index (χ3n) is 4.60. The zero-order valence-corrected chi connectivity index (χ0v) is 14.9. The zero-order valence-electron chi connectivity index (χ0n) is 14.9. The van der Waals surface area contributed by atoms with Gasteiger partial charge in [-0.1, -0.05) is 25.1 Å². The highest BCUT2D eigenvalue weighted by Crippen LogP contribution is 2.21. The van der Waals surface area contributed by atoms with E-state index < -0.39 is 0 Å². The molecule has 0 bridgehead atoms. The predicted molar refractivity (Wildman–Crippen MR) is 98.9 cm³/mol. The second-order valence-corrected chi connectivity index (χ2v) is 6.59. The van der Waals surface area contributed by atoms with Gasteiger partial charge in [-0.15, -0.1) is 0 Å². The minimum absolute atomic E-state index is 0.0208. The van der Waals surface area contributed by atoms with Crippen LogP contribution in [0.1, 0.15) is 35.8 Å². The Bertz CT molecular complexity index is 732. The van der Waals surface area contributed by atoms with Crippen molar-refractivity contribution in [1.82, 2.24) is 9.88 Å². The van der Waals surface area contributed by atoms with E-state index in [9.17, 15) is 4.79 Å². The summed E-state index contributed by atoms with van der Waals surface area (Å²) in [6.07, 6.45) is 3.95. The average Bonchev–Trinajstić information content (AvgIpc) is 2.66. The van der Waals surface area contributed by atoms with Gasteiger partial charge in [0.1, 0.15) is 11.4 Å². The highest BCUT2D eigenvalue weighted by molar-refractivity contribution is 5.93. The molecule has 1 saturated heterocycles. The topological polar surface area (TPSA) is 54.5 Å². The molecule has 0 saturated carbocycles. The highest BCUT2D eigenvalue weighted by atomic mass is 16.5. The van der Waals surface area contributed by atoms with Gasteiger partial charge in [-0.05, 0) is 37.0 Å². The van der Waals surface area contributed by atoms with E-state index >= 15 is 0 Å². The minimum atomic E-state index is 0.0208. The van der Waals surface area contributed by atoms with E-state index in [1.54, 1.807) is 13.3 Å². The number of ether oxygens (including phenoxy) is 1. The summed E-state index contributed by atoms with van der Waals surface area (Å²) in [5, 5.41) is 3.35. The van der Waals surface area contributed by atoms with Crippen molar-refractivity contribution in [3.63, 3.8) is 0 Å². The first-order valence-electron chi connectivity index (χ1n) is 8.78. The molecule has 25 heavy (non-hydrogen) atoms. The Morgan fingerprint density at radius 1 is 1.36 bits per heavy atom. The molecule has 2 heterocycles. The molecule has 0 spiro atoms. The number of pyridine rings is 1. The molecule has 3 rings (SSSR count). The van der Waals surface area contributed by atoms with E-state index in [-0.39, 0.29) is 5.91 Å². The van der Waals surface area contributed by atoms with Gasteiger partial charge in [0.05, 0.1) is 7.11 Å². The molecule has 2 aromatic rings. The number of rotatable bonds is 5. The molecule has 1 atom stereocenters. The van der Waals surface area contributed by atoms with Crippen molar-refractivity contribution in [1.29, 1.82) is 0 Å². The fourth-order valence-corrected chi connectivity index (χ4v) is 3.24. The van der Waals surface area contributed by atoms with Crippen molar-refractivity contribution >= 4 is 11.6 Å². The van der Waals surface area contributed by atoms with E-state index in [1.807, 2.05) is 41.3 Å². The second-order valence-electron chi connectivity index (χ2n) is 6.59. The summed E-state index contributed by atoms with van der Waals surface area (Å²) in [6.45, 7) is 4.46. The number of methoxy groups -OCH3 is 1. The molecule has 5 nitrogen and oxygen atoms in total. The van der Waals surface area contributed by atoms with Crippen LogP contribution in [0.3, 0.4) is 0 Å². The minimum Gasteiger partial charge on any atom is -0.496 e. The number of benzene rings is 1. The quantitative estimate of drug-likeness (QED) is 0.905. The monoisotopic (exact) mass is 339 g/mol. The van der Waals surface area contributed by atoms with Crippen LogP contribution in [0.2, 0.25) is 0 Å². The number of carbonyl (C=O) groups is 1. The number of aromatic nitrogens is 1. The van der Waals surface area contributed by atoms with Gasteiger partial charge < -0.3 is 15.0 Å². The molecule has 0 aliphatic carbocycles. The Kier molecular flexibility index (Phi) is 5.53. The maximum absolute atomic E-state index is 12.7. The normalized spacial score (nSPS) is 17.2. The number of nitrogens with one attached hydrogen (secondary N) is 1. The Balaban J connectivity index is 1.68. The maximum atomic E-state index is 12.7. The number of carbonyl (C=O) groups excluding carboxylic acids is 1. The van der Waals surface area contributed by atoms with Gasteiger partial charge in [0.25, 0.3) is 5.91 Å². The molecule has 5 heteroatoms. The smallest absolute Gasteiger partial charge is 0.272 e. The molecule has 132 valence electrons. The molecule has 1 aliphatic rings. The van der Waals surface area contributed by atoms with Crippen molar-refractivity contribution in [2.24, 2.45) is 5.92 Å². The van der Waals surface area contributed by atoms with Crippen LogP contribution in [0.25, 0.3) is 0 Å². The summed E-state index contributed by atoms with van der Waals surface area (Å²) < 4.78 is 5.37. The molecular weight excluding hydrogens is 314 g/mol. The SMILES string of the molecule is COc1ccccc1CNc1ccnc(C(=O)N2CCCC(C)C2)c1. The van der Waals surface area contributed by atoms with Crippen LogP contribution < -0.4 is 10.1 Å². The van der Waals surface area contributed by atoms with Gasteiger partial charge in [-0.3, -0.25) is 9.78 Å². The van der Waals surface area contributed by atoms with Crippen LogP contribution >= 0.6 is 0 Å². The first-order valence-corrected chi connectivity index (χ1v) is 8.78. The molecule has 1 amide bonds. The third-order valence-corrected chi connectivity index (χ3v) is 4.60. The lowest BCUT2D eigenvalue weighted by Gasteiger charge is -2.30. The van der Waals surface area contributed by atoms with E-state index in [0.29, 0.717) is 18.2 Å². The van der Waals surface area contributed by atoms with Gasteiger partial charge in [0.2, 0.25) is 0 Å². The Morgan fingerprint density at radius 2 is 2.20 bits per heavy atom. The fraction of sp³-hybridized carbons (Fsp3) is 0.400. The molecule has 1 fully saturated rings. The highest BCUT2D eigenvalue weighted by Gasteiger charge is 2.22. The van der Waals surface area contributed by atoms with Crippen molar-refractivity contribution < 1.29 is 9.53 Å². The summed E-state index contributed by atoms with van der Waals surface area (Å²) in [5.74, 6) is 1.43. The lowest BCUT2D eigenvalue weighted by atomic mass is 10.00. The number of likely N-dealkylation sites (tertiary alicyclic amines) is 1. The van der Waals surface area contributed by atoms with Crippen LogP contribution in [-0.2, 0) is 6.54 Å². The molecule has 1 aliphatic heterocycles. The molecule has 1 unspecified atom stereocenters.